The summed E-state index contributed by atoms with van der Waals surface area (Å²) < 4.78 is 18.4. The minimum Gasteiger partial charge on any atom is -0.408 e. The Morgan fingerprint density at radius 2 is 1.96 bits per heavy atom. The average molecular weight is 349 g/mol. The fraction of sp³-hybridized carbons (Fsp3) is 0.471. The van der Waals surface area contributed by atoms with Crippen LogP contribution in [0.4, 0.5) is 10.4 Å². The van der Waals surface area contributed by atoms with E-state index in [-0.39, 0.29) is 17.7 Å². The predicted molar refractivity (Wildman–Crippen MR) is 90.5 cm³/mol. The SMILES string of the molecule is O=C(CCSc1ccc(F)cc1)Nc1nnc(C2CCCCC2)o1. The Balaban J connectivity index is 1.43. The number of thioether (sulfide) groups is 1. The van der Waals surface area contributed by atoms with Crippen LogP contribution >= 0.6 is 11.8 Å². The number of nitrogens with zero attached hydrogens (tertiary/aromatic N) is 2. The van der Waals surface area contributed by atoms with Crippen molar-refractivity contribution in [3.8, 4) is 0 Å². The lowest BCUT2D eigenvalue weighted by Crippen LogP contribution is -2.12. The number of rotatable bonds is 6. The summed E-state index contributed by atoms with van der Waals surface area (Å²) in [5.74, 6) is 1.13. The minimum absolute atomic E-state index is 0.163. The van der Waals surface area contributed by atoms with Crippen LogP contribution < -0.4 is 5.32 Å². The molecule has 0 atom stereocenters. The van der Waals surface area contributed by atoms with E-state index in [1.807, 2.05) is 0 Å². The van der Waals surface area contributed by atoms with Crippen LogP contribution in [0.25, 0.3) is 0 Å². The van der Waals surface area contributed by atoms with E-state index >= 15 is 0 Å². The minimum atomic E-state index is -0.262. The van der Waals surface area contributed by atoms with Crippen LogP contribution in [0.2, 0.25) is 0 Å². The van der Waals surface area contributed by atoms with Crippen molar-refractivity contribution in [3.63, 3.8) is 0 Å². The third kappa shape index (κ3) is 4.80. The van der Waals surface area contributed by atoms with Gasteiger partial charge in [0.2, 0.25) is 11.8 Å². The second-order valence-corrected chi connectivity index (χ2v) is 7.05. The smallest absolute Gasteiger partial charge is 0.322 e. The number of carbonyl (C=O) groups excluding carboxylic acids is 1. The van der Waals surface area contributed by atoms with Crippen molar-refractivity contribution < 1.29 is 13.6 Å². The van der Waals surface area contributed by atoms with Gasteiger partial charge in [0.05, 0.1) is 0 Å². The first kappa shape index (κ1) is 17.0. The fourth-order valence-electron chi connectivity index (χ4n) is 2.77. The summed E-state index contributed by atoms with van der Waals surface area (Å²) in [5.41, 5.74) is 0. The van der Waals surface area contributed by atoms with Gasteiger partial charge >= 0.3 is 6.01 Å². The van der Waals surface area contributed by atoms with Gasteiger partial charge in [0, 0.05) is 23.0 Å². The molecule has 0 aliphatic heterocycles. The molecule has 0 bridgehead atoms. The van der Waals surface area contributed by atoms with E-state index in [4.69, 9.17) is 4.42 Å². The average Bonchev–Trinajstić information content (AvgIpc) is 3.06. The molecule has 2 aromatic rings. The third-order valence-corrected chi connectivity index (χ3v) is 5.07. The van der Waals surface area contributed by atoms with Crippen LogP contribution in [0.15, 0.2) is 33.6 Å². The van der Waals surface area contributed by atoms with Crippen molar-refractivity contribution in [1.82, 2.24) is 10.2 Å². The summed E-state index contributed by atoms with van der Waals surface area (Å²) in [6, 6.07) is 6.40. The van der Waals surface area contributed by atoms with Crippen molar-refractivity contribution in [2.75, 3.05) is 11.1 Å². The lowest BCUT2D eigenvalue weighted by molar-refractivity contribution is -0.115. The Kier molecular flexibility index (Phi) is 5.85. The van der Waals surface area contributed by atoms with E-state index in [0.717, 1.165) is 17.7 Å². The number of benzene rings is 1. The molecule has 3 rings (SSSR count). The van der Waals surface area contributed by atoms with Crippen molar-refractivity contribution in [3.05, 3.63) is 36.0 Å². The van der Waals surface area contributed by atoms with E-state index in [1.54, 1.807) is 12.1 Å². The predicted octanol–water partition coefficient (Wildman–Crippen LogP) is 4.38. The molecule has 0 saturated heterocycles. The number of hydrogen-bond acceptors (Lipinski definition) is 5. The highest BCUT2D eigenvalue weighted by atomic mass is 32.2. The van der Waals surface area contributed by atoms with Crippen LogP contribution in [-0.2, 0) is 4.79 Å². The highest BCUT2D eigenvalue weighted by Gasteiger charge is 2.21. The second kappa shape index (κ2) is 8.28. The zero-order valence-corrected chi connectivity index (χ0v) is 14.2. The molecule has 1 amide bonds. The number of nitrogens with one attached hydrogen (secondary N) is 1. The molecule has 1 aromatic heterocycles. The normalized spacial score (nSPS) is 15.4. The molecule has 1 saturated carbocycles. The molecule has 1 heterocycles. The summed E-state index contributed by atoms with van der Waals surface area (Å²) >= 11 is 1.50. The van der Waals surface area contributed by atoms with Gasteiger partial charge in [0.15, 0.2) is 0 Å². The van der Waals surface area contributed by atoms with Crippen molar-refractivity contribution >= 4 is 23.7 Å². The molecule has 1 aromatic carbocycles. The molecule has 1 fully saturated rings. The van der Waals surface area contributed by atoms with Crippen molar-refractivity contribution in [1.29, 1.82) is 0 Å². The summed E-state index contributed by atoms with van der Waals surface area (Å²) in [7, 11) is 0. The maximum atomic E-state index is 12.8. The molecule has 24 heavy (non-hydrogen) atoms. The zero-order valence-electron chi connectivity index (χ0n) is 13.3. The summed E-state index contributed by atoms with van der Waals surface area (Å²) in [4.78, 5) is 12.9. The van der Waals surface area contributed by atoms with E-state index < -0.39 is 0 Å². The van der Waals surface area contributed by atoms with Gasteiger partial charge in [-0.3, -0.25) is 10.1 Å². The number of carbonyl (C=O) groups is 1. The Bertz CT molecular complexity index is 669. The van der Waals surface area contributed by atoms with Gasteiger partial charge in [-0.1, -0.05) is 24.4 Å². The van der Waals surface area contributed by atoms with Gasteiger partial charge < -0.3 is 4.42 Å². The fourth-order valence-corrected chi connectivity index (χ4v) is 3.63. The Morgan fingerprint density at radius 1 is 1.21 bits per heavy atom. The highest BCUT2D eigenvalue weighted by molar-refractivity contribution is 7.99. The molecule has 5 nitrogen and oxygen atoms in total. The monoisotopic (exact) mass is 349 g/mol. The van der Waals surface area contributed by atoms with Crippen LogP contribution in [0, 0.1) is 5.82 Å². The highest BCUT2D eigenvalue weighted by Crippen LogP contribution is 2.32. The summed E-state index contributed by atoms with van der Waals surface area (Å²) in [5, 5.41) is 10.6. The van der Waals surface area contributed by atoms with E-state index in [2.05, 4.69) is 15.5 Å². The summed E-state index contributed by atoms with van der Waals surface area (Å²) in [6.45, 7) is 0. The van der Waals surface area contributed by atoms with Crippen LogP contribution in [0.3, 0.4) is 0 Å². The molecular weight excluding hydrogens is 329 g/mol. The molecule has 1 aliphatic carbocycles. The van der Waals surface area contributed by atoms with Crippen LogP contribution in [0.5, 0.6) is 0 Å². The Labute approximate surface area is 144 Å². The van der Waals surface area contributed by atoms with Crippen molar-refractivity contribution in [2.45, 2.75) is 49.3 Å². The van der Waals surface area contributed by atoms with Gasteiger partial charge in [-0.05, 0) is 37.1 Å². The van der Waals surface area contributed by atoms with Gasteiger partial charge in [0.25, 0.3) is 0 Å². The molecule has 128 valence electrons. The Hall–Kier alpha value is -1.89. The van der Waals surface area contributed by atoms with Crippen LogP contribution in [0.1, 0.15) is 50.3 Å². The van der Waals surface area contributed by atoms with Gasteiger partial charge in [-0.2, -0.15) is 0 Å². The lowest BCUT2D eigenvalue weighted by Gasteiger charge is -2.17. The molecule has 0 radical (unpaired) electrons. The van der Waals surface area contributed by atoms with E-state index in [9.17, 15) is 9.18 Å². The first-order valence-electron chi connectivity index (χ1n) is 8.22. The molecular formula is C17H20FN3O2S. The molecule has 0 unspecified atom stereocenters. The molecule has 7 heteroatoms. The number of aromatic nitrogens is 2. The summed E-state index contributed by atoms with van der Waals surface area (Å²) in [6.07, 6.45) is 6.11. The van der Waals surface area contributed by atoms with E-state index in [1.165, 1.54) is 43.2 Å². The largest absolute Gasteiger partial charge is 0.408 e. The Morgan fingerprint density at radius 3 is 2.71 bits per heavy atom. The number of halogens is 1. The quantitative estimate of drug-likeness (QED) is 0.784. The van der Waals surface area contributed by atoms with Crippen LogP contribution in [-0.4, -0.2) is 21.9 Å². The maximum absolute atomic E-state index is 12.8. The number of amides is 1. The van der Waals surface area contributed by atoms with E-state index in [0.29, 0.717) is 24.0 Å². The lowest BCUT2D eigenvalue weighted by atomic mass is 9.89. The first-order valence-corrected chi connectivity index (χ1v) is 9.21. The standard InChI is InChI=1S/C17H20FN3O2S/c18-13-6-8-14(9-7-13)24-11-10-15(22)19-17-21-20-16(23-17)12-4-2-1-3-5-12/h6-9,12H,1-5,10-11H2,(H,19,21,22). The number of hydrogen-bond donors (Lipinski definition) is 1. The molecule has 1 N–H and O–H groups in total. The van der Waals surface area contributed by atoms with Gasteiger partial charge in [0.1, 0.15) is 5.82 Å². The number of anilines is 1. The van der Waals surface area contributed by atoms with Gasteiger partial charge in [-0.25, -0.2) is 4.39 Å². The molecule has 1 aliphatic rings. The second-order valence-electron chi connectivity index (χ2n) is 5.88. The maximum Gasteiger partial charge on any atom is 0.322 e. The topological polar surface area (TPSA) is 68.0 Å². The molecule has 0 spiro atoms. The zero-order chi connectivity index (χ0) is 16.8. The first-order chi connectivity index (χ1) is 11.7. The van der Waals surface area contributed by atoms with Crippen molar-refractivity contribution in [2.24, 2.45) is 0 Å². The van der Waals surface area contributed by atoms with Gasteiger partial charge in [-0.15, -0.1) is 16.9 Å². The third-order valence-electron chi connectivity index (χ3n) is 4.05.